The molecule has 1 rings (SSSR count). The van der Waals surface area contributed by atoms with Gasteiger partial charge in [0.25, 0.3) is 10.1 Å². The van der Waals surface area contributed by atoms with E-state index in [1.54, 1.807) is 30.3 Å². The minimum atomic E-state index is -3.57. The van der Waals surface area contributed by atoms with Crippen LogP contribution < -0.4 is 5.73 Å². The molecule has 0 radical (unpaired) electrons. The molecule has 1 aromatic carbocycles. The van der Waals surface area contributed by atoms with Crippen molar-refractivity contribution < 1.29 is 12.6 Å². The van der Waals surface area contributed by atoms with Crippen molar-refractivity contribution in [1.29, 1.82) is 0 Å². The molecule has 0 heterocycles. The largest absolute Gasteiger partial charge is 0.330 e. The van der Waals surface area contributed by atoms with Crippen molar-refractivity contribution in [2.45, 2.75) is 200 Å². The second-order valence-corrected chi connectivity index (χ2v) is 15.8. The Balaban J connectivity index is 0.000000840. The minimum Gasteiger partial charge on any atom is -0.330 e. The summed E-state index contributed by atoms with van der Waals surface area (Å²) in [6, 6.07) is 8.33. The molecule has 0 aliphatic heterocycles. The van der Waals surface area contributed by atoms with Crippen LogP contribution in [0.5, 0.6) is 0 Å². The van der Waals surface area contributed by atoms with Gasteiger partial charge in [0.05, 0.1) is 11.5 Å². The molecule has 0 amide bonds. The third-order valence-corrected chi connectivity index (χ3v) is 9.73. The van der Waals surface area contributed by atoms with Gasteiger partial charge in [-0.1, -0.05) is 194 Å². The molecule has 1 aromatic rings. The van der Waals surface area contributed by atoms with E-state index in [1.807, 2.05) is 0 Å². The highest BCUT2D eigenvalue weighted by Gasteiger charge is 2.13. The van der Waals surface area contributed by atoms with Gasteiger partial charge in [-0.25, -0.2) is 0 Å². The van der Waals surface area contributed by atoms with Crippen molar-refractivity contribution in [3.8, 4) is 0 Å². The molecule has 0 fully saturated rings. The predicted octanol–water partition coefficient (Wildman–Crippen LogP) is 12.5. The van der Waals surface area contributed by atoms with Crippen molar-refractivity contribution in [3.63, 3.8) is 0 Å². The van der Waals surface area contributed by atoms with Crippen LogP contribution in [0.2, 0.25) is 0 Å². The fraction of sp³-hybridized carbons (Fsp3) is 0.846. The van der Waals surface area contributed by atoms with E-state index in [2.05, 4.69) is 27.7 Å². The first-order valence-electron chi connectivity index (χ1n) is 18.9. The van der Waals surface area contributed by atoms with E-state index < -0.39 is 10.1 Å². The van der Waals surface area contributed by atoms with Crippen LogP contribution in [0, 0.1) is 5.41 Å². The van der Waals surface area contributed by atoms with Crippen molar-refractivity contribution in [3.05, 3.63) is 30.3 Å². The smallest absolute Gasteiger partial charge is 0.296 e. The van der Waals surface area contributed by atoms with Gasteiger partial charge in [0.1, 0.15) is 0 Å². The van der Waals surface area contributed by atoms with Crippen LogP contribution in [-0.4, -0.2) is 21.6 Å². The molecule has 260 valence electrons. The summed E-state index contributed by atoms with van der Waals surface area (Å²) in [7, 11) is -3.57. The quantitative estimate of drug-likeness (QED) is 0.0701. The molecule has 0 bridgehead atoms. The average molecular weight is 638 g/mol. The Morgan fingerprint density at radius 1 is 0.545 bits per heavy atom. The molecular weight excluding hydrogens is 563 g/mol. The SMILES string of the molecule is CC(C)(C)CCCCCCCCCCCCCCCCCN.CCCCCCCCCCCCOS(=O)(=O)c1ccccc1. The van der Waals surface area contributed by atoms with E-state index >= 15 is 0 Å². The number of hydrogen-bond donors (Lipinski definition) is 1. The average Bonchev–Trinajstić information content (AvgIpc) is 3.00. The molecule has 0 aliphatic carbocycles. The standard InChI is InChI=1S/C21H45N.C18H30O3S/c1-21(2,3)19-17-15-13-11-9-7-5-4-6-8-10-12-14-16-18-20-22;1-2-3-4-5-6-7-8-9-10-14-17-21-22(19,20)18-15-12-11-13-16-18/h4-20,22H2,1-3H3;11-13,15-16H,2-10,14,17H2,1H3. The molecule has 4 nitrogen and oxygen atoms in total. The zero-order valence-electron chi connectivity index (χ0n) is 29.9. The second kappa shape index (κ2) is 30.7. The summed E-state index contributed by atoms with van der Waals surface area (Å²) in [5, 5.41) is 0. The van der Waals surface area contributed by atoms with Crippen molar-refractivity contribution in [2.24, 2.45) is 11.1 Å². The third-order valence-electron chi connectivity index (χ3n) is 8.40. The summed E-state index contributed by atoms with van der Waals surface area (Å²) in [6.45, 7) is 10.5. The third kappa shape index (κ3) is 31.1. The number of benzene rings is 1. The van der Waals surface area contributed by atoms with Gasteiger partial charge in [0.2, 0.25) is 0 Å². The second-order valence-electron chi connectivity index (χ2n) is 14.2. The van der Waals surface area contributed by atoms with Crippen molar-refractivity contribution in [2.75, 3.05) is 13.2 Å². The van der Waals surface area contributed by atoms with Crippen molar-refractivity contribution >= 4 is 10.1 Å². The molecule has 0 saturated carbocycles. The lowest BCUT2D eigenvalue weighted by atomic mass is 9.89. The monoisotopic (exact) mass is 638 g/mol. The van der Waals surface area contributed by atoms with Gasteiger partial charge in [-0.15, -0.1) is 0 Å². The maximum absolute atomic E-state index is 11.9. The van der Waals surface area contributed by atoms with Gasteiger partial charge in [0, 0.05) is 0 Å². The van der Waals surface area contributed by atoms with E-state index in [-0.39, 0.29) is 11.5 Å². The summed E-state index contributed by atoms with van der Waals surface area (Å²) in [4.78, 5) is 0.238. The molecule has 5 heteroatoms. The van der Waals surface area contributed by atoms with Crippen LogP contribution in [0.25, 0.3) is 0 Å². The lowest BCUT2D eigenvalue weighted by Crippen LogP contribution is -2.07. The van der Waals surface area contributed by atoms with E-state index in [9.17, 15) is 8.42 Å². The highest BCUT2D eigenvalue weighted by molar-refractivity contribution is 7.86. The molecule has 0 unspecified atom stereocenters. The van der Waals surface area contributed by atoms with Gasteiger partial charge < -0.3 is 5.73 Å². The molecule has 0 atom stereocenters. The lowest BCUT2D eigenvalue weighted by molar-refractivity contribution is 0.306. The zero-order chi connectivity index (χ0) is 32.6. The van der Waals surface area contributed by atoms with Crippen LogP contribution in [0.1, 0.15) is 195 Å². The van der Waals surface area contributed by atoms with Crippen LogP contribution in [0.15, 0.2) is 35.2 Å². The number of nitrogens with two attached hydrogens (primary N) is 1. The van der Waals surface area contributed by atoms with Crippen LogP contribution in [-0.2, 0) is 14.3 Å². The maximum Gasteiger partial charge on any atom is 0.296 e. The molecule has 0 aromatic heterocycles. The predicted molar refractivity (Wildman–Crippen MR) is 194 cm³/mol. The summed E-state index contributed by atoms with van der Waals surface area (Å²) >= 11 is 0. The summed E-state index contributed by atoms with van der Waals surface area (Å²) < 4.78 is 28.8. The van der Waals surface area contributed by atoms with E-state index in [1.165, 1.54) is 154 Å². The number of hydrogen-bond acceptors (Lipinski definition) is 4. The molecular formula is C39H75NO3S. The van der Waals surface area contributed by atoms with Crippen LogP contribution >= 0.6 is 0 Å². The number of unbranched alkanes of at least 4 members (excludes halogenated alkanes) is 23. The van der Waals surface area contributed by atoms with Crippen molar-refractivity contribution in [1.82, 2.24) is 0 Å². The summed E-state index contributed by atoms with van der Waals surface area (Å²) in [5.41, 5.74) is 6.03. The Hall–Kier alpha value is -0.910. The lowest BCUT2D eigenvalue weighted by Gasteiger charge is -2.17. The highest BCUT2D eigenvalue weighted by Crippen LogP contribution is 2.23. The van der Waals surface area contributed by atoms with Gasteiger partial charge in [0.15, 0.2) is 0 Å². The topological polar surface area (TPSA) is 69.4 Å². The maximum atomic E-state index is 11.9. The molecule has 0 aliphatic rings. The zero-order valence-corrected chi connectivity index (χ0v) is 30.7. The fourth-order valence-corrected chi connectivity index (χ4v) is 6.47. The molecule has 44 heavy (non-hydrogen) atoms. The Kier molecular flexibility index (Phi) is 30.1. The van der Waals surface area contributed by atoms with Gasteiger partial charge in [-0.3, -0.25) is 4.18 Å². The first kappa shape index (κ1) is 43.1. The van der Waals surface area contributed by atoms with E-state index in [4.69, 9.17) is 9.92 Å². The normalized spacial score (nSPS) is 11.8. The molecule has 0 spiro atoms. The Labute approximate surface area is 276 Å². The molecule has 2 N–H and O–H groups in total. The Morgan fingerprint density at radius 3 is 1.30 bits per heavy atom. The van der Waals surface area contributed by atoms with Gasteiger partial charge in [-0.05, 0) is 43.4 Å². The Bertz CT molecular complexity index is 804. The summed E-state index contributed by atoms with van der Waals surface area (Å²) in [5.74, 6) is 0. The molecule has 0 saturated heterocycles. The first-order chi connectivity index (χ1) is 21.2. The van der Waals surface area contributed by atoms with Gasteiger partial charge >= 0.3 is 0 Å². The van der Waals surface area contributed by atoms with E-state index in [0.717, 1.165) is 19.4 Å². The van der Waals surface area contributed by atoms with Crippen LogP contribution in [0.3, 0.4) is 0 Å². The first-order valence-corrected chi connectivity index (χ1v) is 20.3. The number of rotatable bonds is 29. The van der Waals surface area contributed by atoms with Gasteiger partial charge in [-0.2, -0.15) is 8.42 Å². The Morgan fingerprint density at radius 2 is 0.909 bits per heavy atom. The highest BCUT2D eigenvalue weighted by atomic mass is 32.2. The summed E-state index contributed by atoms with van der Waals surface area (Å²) in [6.07, 6.45) is 35.0. The fourth-order valence-electron chi connectivity index (χ4n) is 5.51. The van der Waals surface area contributed by atoms with Crippen LogP contribution in [0.4, 0.5) is 0 Å². The minimum absolute atomic E-state index is 0.238. The van der Waals surface area contributed by atoms with E-state index in [0.29, 0.717) is 5.41 Å².